The molecule has 0 aliphatic heterocycles. The summed E-state index contributed by atoms with van der Waals surface area (Å²) in [6.07, 6.45) is 3.47. The Morgan fingerprint density at radius 3 is 2.15 bits per heavy atom. The van der Waals surface area contributed by atoms with Crippen molar-refractivity contribution in [2.24, 2.45) is 0 Å². The van der Waals surface area contributed by atoms with Crippen molar-refractivity contribution in [3.63, 3.8) is 0 Å². The van der Waals surface area contributed by atoms with Crippen LogP contribution in [0.3, 0.4) is 0 Å². The maximum absolute atomic E-state index is 5.40. The van der Waals surface area contributed by atoms with Crippen LogP contribution >= 0.6 is 0 Å². The molecule has 13 heavy (non-hydrogen) atoms. The molecule has 0 unspecified atom stereocenters. The molecule has 2 nitrogen and oxygen atoms in total. The third kappa shape index (κ3) is 6.05. The van der Waals surface area contributed by atoms with Crippen LogP contribution in [-0.2, 0) is 4.74 Å². The van der Waals surface area contributed by atoms with Gasteiger partial charge in [-0.05, 0) is 26.2 Å². The zero-order valence-corrected chi connectivity index (χ0v) is 9.65. The molecule has 0 aliphatic rings. The van der Waals surface area contributed by atoms with Gasteiger partial charge in [0, 0.05) is 18.7 Å². The number of hydrogen-bond acceptors (Lipinski definition) is 2. The number of ether oxygens (including phenoxy) is 1. The van der Waals surface area contributed by atoms with Gasteiger partial charge in [0.1, 0.15) is 0 Å². The van der Waals surface area contributed by atoms with Crippen LogP contribution in [-0.4, -0.2) is 25.3 Å². The van der Waals surface area contributed by atoms with E-state index in [1.165, 1.54) is 12.8 Å². The molecule has 0 saturated heterocycles. The van der Waals surface area contributed by atoms with Crippen LogP contribution in [0.25, 0.3) is 0 Å². The molecule has 0 aromatic rings. The maximum atomic E-state index is 5.40. The maximum Gasteiger partial charge on any atom is 0.0591 e. The zero-order chi connectivity index (χ0) is 10.2. The van der Waals surface area contributed by atoms with Crippen LogP contribution in [0.1, 0.15) is 47.0 Å². The van der Waals surface area contributed by atoms with Crippen LogP contribution < -0.4 is 5.32 Å². The first-order chi connectivity index (χ1) is 6.18. The minimum atomic E-state index is 0.301. The minimum absolute atomic E-state index is 0.301. The average molecular weight is 187 g/mol. The SMILES string of the molecule is CCCOCCNC(C)(CC)CC. The smallest absolute Gasteiger partial charge is 0.0591 e. The Kier molecular flexibility index (Phi) is 7.29. The van der Waals surface area contributed by atoms with Gasteiger partial charge in [0.15, 0.2) is 0 Å². The van der Waals surface area contributed by atoms with E-state index in [-0.39, 0.29) is 0 Å². The Labute approximate surface area is 83.1 Å². The van der Waals surface area contributed by atoms with E-state index in [9.17, 15) is 0 Å². The van der Waals surface area contributed by atoms with Crippen molar-refractivity contribution in [2.75, 3.05) is 19.8 Å². The topological polar surface area (TPSA) is 21.3 Å². The zero-order valence-electron chi connectivity index (χ0n) is 9.65. The van der Waals surface area contributed by atoms with E-state index in [1.54, 1.807) is 0 Å². The summed E-state index contributed by atoms with van der Waals surface area (Å²) in [5.41, 5.74) is 0.301. The summed E-state index contributed by atoms with van der Waals surface area (Å²) < 4.78 is 5.40. The molecular weight excluding hydrogens is 162 g/mol. The van der Waals surface area contributed by atoms with Crippen molar-refractivity contribution in [3.05, 3.63) is 0 Å². The van der Waals surface area contributed by atoms with Crippen LogP contribution in [0.15, 0.2) is 0 Å². The van der Waals surface area contributed by atoms with Crippen molar-refractivity contribution < 1.29 is 4.74 Å². The minimum Gasteiger partial charge on any atom is -0.380 e. The monoisotopic (exact) mass is 187 g/mol. The lowest BCUT2D eigenvalue weighted by Gasteiger charge is -2.28. The number of hydrogen-bond donors (Lipinski definition) is 1. The Hall–Kier alpha value is -0.0800. The lowest BCUT2D eigenvalue weighted by Crippen LogP contribution is -2.42. The average Bonchev–Trinajstić information content (AvgIpc) is 2.17. The Balaban J connectivity index is 3.39. The fourth-order valence-electron chi connectivity index (χ4n) is 1.17. The Bertz CT molecular complexity index is 111. The van der Waals surface area contributed by atoms with E-state index in [4.69, 9.17) is 4.74 Å². The second-order valence-electron chi connectivity index (χ2n) is 3.81. The highest BCUT2D eigenvalue weighted by atomic mass is 16.5. The molecule has 0 aromatic carbocycles. The van der Waals surface area contributed by atoms with E-state index in [0.29, 0.717) is 5.54 Å². The van der Waals surface area contributed by atoms with Gasteiger partial charge in [-0.1, -0.05) is 20.8 Å². The fourth-order valence-corrected chi connectivity index (χ4v) is 1.17. The summed E-state index contributed by atoms with van der Waals surface area (Å²) in [5, 5.41) is 3.53. The fraction of sp³-hybridized carbons (Fsp3) is 1.00. The summed E-state index contributed by atoms with van der Waals surface area (Å²) >= 11 is 0. The molecule has 0 atom stereocenters. The molecule has 80 valence electrons. The van der Waals surface area contributed by atoms with Gasteiger partial charge in [0.25, 0.3) is 0 Å². The van der Waals surface area contributed by atoms with Gasteiger partial charge in [-0.15, -0.1) is 0 Å². The molecule has 1 N–H and O–H groups in total. The molecule has 2 heteroatoms. The third-order valence-corrected chi connectivity index (χ3v) is 2.71. The summed E-state index contributed by atoms with van der Waals surface area (Å²) in [4.78, 5) is 0. The van der Waals surface area contributed by atoms with Crippen molar-refractivity contribution in [1.82, 2.24) is 5.32 Å². The van der Waals surface area contributed by atoms with Crippen LogP contribution in [0.2, 0.25) is 0 Å². The molecule has 0 aliphatic carbocycles. The number of nitrogens with one attached hydrogen (secondary N) is 1. The molecule has 0 radical (unpaired) electrons. The largest absolute Gasteiger partial charge is 0.380 e. The van der Waals surface area contributed by atoms with Gasteiger partial charge in [-0.2, -0.15) is 0 Å². The summed E-state index contributed by atoms with van der Waals surface area (Å²) in [6.45, 7) is 11.5. The predicted octanol–water partition coefficient (Wildman–Crippen LogP) is 2.58. The van der Waals surface area contributed by atoms with Crippen molar-refractivity contribution in [1.29, 1.82) is 0 Å². The second-order valence-corrected chi connectivity index (χ2v) is 3.81. The van der Waals surface area contributed by atoms with Gasteiger partial charge < -0.3 is 10.1 Å². The van der Waals surface area contributed by atoms with E-state index in [0.717, 1.165) is 26.2 Å². The van der Waals surface area contributed by atoms with Crippen molar-refractivity contribution in [2.45, 2.75) is 52.5 Å². The van der Waals surface area contributed by atoms with E-state index < -0.39 is 0 Å². The first kappa shape index (κ1) is 12.9. The van der Waals surface area contributed by atoms with Gasteiger partial charge >= 0.3 is 0 Å². The van der Waals surface area contributed by atoms with E-state index >= 15 is 0 Å². The summed E-state index contributed by atoms with van der Waals surface area (Å²) in [6, 6.07) is 0. The van der Waals surface area contributed by atoms with Crippen LogP contribution in [0, 0.1) is 0 Å². The van der Waals surface area contributed by atoms with Gasteiger partial charge in [-0.25, -0.2) is 0 Å². The van der Waals surface area contributed by atoms with Crippen LogP contribution in [0.4, 0.5) is 0 Å². The molecule has 0 amide bonds. The van der Waals surface area contributed by atoms with Gasteiger partial charge in [0.2, 0.25) is 0 Å². The van der Waals surface area contributed by atoms with Crippen molar-refractivity contribution >= 4 is 0 Å². The predicted molar refractivity (Wildman–Crippen MR) is 58.1 cm³/mol. The lowest BCUT2D eigenvalue weighted by molar-refractivity contribution is 0.128. The standard InChI is InChI=1S/C11H25NO/c1-5-9-13-10-8-12-11(4,6-2)7-3/h12H,5-10H2,1-4H3. The molecule has 0 heterocycles. The van der Waals surface area contributed by atoms with E-state index in [2.05, 4.69) is 33.0 Å². The normalized spacial score (nSPS) is 12.0. The van der Waals surface area contributed by atoms with Gasteiger partial charge in [-0.3, -0.25) is 0 Å². The Morgan fingerprint density at radius 1 is 1.08 bits per heavy atom. The molecular formula is C11H25NO. The highest BCUT2D eigenvalue weighted by Crippen LogP contribution is 2.12. The highest BCUT2D eigenvalue weighted by Gasteiger charge is 2.17. The first-order valence-corrected chi connectivity index (χ1v) is 5.51. The Morgan fingerprint density at radius 2 is 1.69 bits per heavy atom. The molecule has 0 saturated carbocycles. The lowest BCUT2D eigenvalue weighted by atomic mass is 9.96. The van der Waals surface area contributed by atoms with Gasteiger partial charge in [0.05, 0.1) is 6.61 Å². The third-order valence-electron chi connectivity index (χ3n) is 2.71. The van der Waals surface area contributed by atoms with Crippen molar-refractivity contribution in [3.8, 4) is 0 Å². The molecule has 0 bridgehead atoms. The quantitative estimate of drug-likeness (QED) is 0.590. The first-order valence-electron chi connectivity index (χ1n) is 5.51. The summed E-state index contributed by atoms with van der Waals surface area (Å²) in [5.74, 6) is 0. The molecule has 0 spiro atoms. The van der Waals surface area contributed by atoms with Crippen LogP contribution in [0.5, 0.6) is 0 Å². The molecule has 0 rings (SSSR count). The molecule has 0 aromatic heterocycles. The highest BCUT2D eigenvalue weighted by molar-refractivity contribution is 4.79. The summed E-state index contributed by atoms with van der Waals surface area (Å²) in [7, 11) is 0. The molecule has 0 fully saturated rings. The number of rotatable bonds is 8. The second kappa shape index (κ2) is 7.34. The van der Waals surface area contributed by atoms with E-state index in [1.807, 2.05) is 0 Å².